The molecular weight excluding hydrogens is 365 g/mol. The first-order chi connectivity index (χ1) is 10.9. The van der Waals surface area contributed by atoms with Gasteiger partial charge in [0.2, 0.25) is 0 Å². The van der Waals surface area contributed by atoms with Crippen LogP contribution in [0.3, 0.4) is 0 Å². The minimum Gasteiger partial charge on any atom is -0.465 e. The Morgan fingerprint density at radius 2 is 1.83 bits per heavy atom. The second-order valence-electron chi connectivity index (χ2n) is 4.97. The average molecular weight is 380 g/mol. The van der Waals surface area contributed by atoms with Crippen LogP contribution in [0.2, 0.25) is 0 Å². The van der Waals surface area contributed by atoms with Gasteiger partial charge in [-0.05, 0) is 51.8 Å². The smallest absolute Gasteiger partial charge is 0.337 e. The maximum atomic E-state index is 13.1. The first-order valence-corrected chi connectivity index (χ1v) is 7.59. The van der Waals surface area contributed by atoms with Crippen LogP contribution in [0.25, 0.3) is 0 Å². The predicted molar refractivity (Wildman–Crippen MR) is 87.7 cm³/mol. The molecule has 0 unspecified atom stereocenters. The molecule has 0 aliphatic carbocycles. The molecule has 0 saturated heterocycles. The summed E-state index contributed by atoms with van der Waals surface area (Å²) in [7, 11) is 2.98. The van der Waals surface area contributed by atoms with E-state index >= 15 is 0 Å². The van der Waals surface area contributed by atoms with E-state index in [1.165, 1.54) is 30.2 Å². The van der Waals surface area contributed by atoms with E-state index in [9.17, 15) is 14.0 Å². The molecule has 0 aromatic heterocycles. The van der Waals surface area contributed by atoms with Crippen LogP contribution >= 0.6 is 15.9 Å². The van der Waals surface area contributed by atoms with Gasteiger partial charge in [-0.15, -0.1) is 0 Å². The lowest BCUT2D eigenvalue weighted by Gasteiger charge is -2.18. The Labute approximate surface area is 142 Å². The number of esters is 1. The van der Waals surface area contributed by atoms with Crippen LogP contribution < -0.4 is 0 Å². The minimum absolute atomic E-state index is 0.228. The number of carbonyl (C=O) groups excluding carboxylic acids is 2. The van der Waals surface area contributed by atoms with E-state index in [0.717, 1.165) is 5.56 Å². The average Bonchev–Trinajstić information content (AvgIpc) is 2.54. The van der Waals surface area contributed by atoms with Gasteiger partial charge in [-0.3, -0.25) is 4.79 Å². The lowest BCUT2D eigenvalue weighted by atomic mass is 10.1. The van der Waals surface area contributed by atoms with Gasteiger partial charge in [0.25, 0.3) is 5.91 Å². The molecule has 2 rings (SSSR count). The normalized spacial score (nSPS) is 10.3. The predicted octanol–water partition coefficient (Wildman–Crippen LogP) is 3.65. The molecule has 120 valence electrons. The van der Waals surface area contributed by atoms with Crippen LogP contribution in [0.15, 0.2) is 46.9 Å². The van der Waals surface area contributed by atoms with Gasteiger partial charge in [0, 0.05) is 18.1 Å². The van der Waals surface area contributed by atoms with Crippen molar-refractivity contribution < 1.29 is 18.7 Å². The highest BCUT2D eigenvalue weighted by Crippen LogP contribution is 2.20. The van der Waals surface area contributed by atoms with Gasteiger partial charge in [-0.25, -0.2) is 9.18 Å². The van der Waals surface area contributed by atoms with Crippen LogP contribution in [0, 0.1) is 5.82 Å². The van der Waals surface area contributed by atoms with E-state index in [4.69, 9.17) is 0 Å². The number of ether oxygens (including phenoxy) is 1. The Morgan fingerprint density at radius 3 is 2.39 bits per heavy atom. The number of rotatable bonds is 4. The van der Waals surface area contributed by atoms with Gasteiger partial charge in [0.15, 0.2) is 0 Å². The standard InChI is InChI=1S/C17H15BrFNO3/c1-20(16(21)14-8-7-13(19)9-15(14)18)10-11-3-5-12(6-4-11)17(22)23-2/h3-9H,10H2,1-2H3. The molecule has 0 spiro atoms. The molecule has 2 aromatic rings. The molecule has 0 aliphatic heterocycles. The number of benzene rings is 2. The molecule has 6 heteroatoms. The van der Waals surface area contributed by atoms with E-state index in [2.05, 4.69) is 20.7 Å². The van der Waals surface area contributed by atoms with Gasteiger partial charge >= 0.3 is 5.97 Å². The fourth-order valence-electron chi connectivity index (χ4n) is 2.08. The van der Waals surface area contributed by atoms with Crippen molar-refractivity contribution in [2.75, 3.05) is 14.2 Å². The summed E-state index contributed by atoms with van der Waals surface area (Å²) < 4.78 is 18.1. The SMILES string of the molecule is COC(=O)c1ccc(CN(C)C(=O)c2ccc(F)cc2Br)cc1. The summed E-state index contributed by atoms with van der Waals surface area (Å²) in [4.78, 5) is 25.3. The van der Waals surface area contributed by atoms with Crippen LogP contribution in [0.5, 0.6) is 0 Å². The number of halogens is 2. The number of nitrogens with zero attached hydrogens (tertiary/aromatic N) is 1. The van der Waals surface area contributed by atoms with Crippen molar-refractivity contribution in [1.82, 2.24) is 4.90 Å². The van der Waals surface area contributed by atoms with Crippen molar-refractivity contribution in [2.24, 2.45) is 0 Å². The first-order valence-electron chi connectivity index (χ1n) is 6.80. The van der Waals surface area contributed by atoms with E-state index in [0.29, 0.717) is 22.1 Å². The highest BCUT2D eigenvalue weighted by molar-refractivity contribution is 9.10. The third kappa shape index (κ3) is 4.16. The zero-order valence-corrected chi connectivity index (χ0v) is 14.3. The molecule has 4 nitrogen and oxygen atoms in total. The van der Waals surface area contributed by atoms with Crippen molar-refractivity contribution in [1.29, 1.82) is 0 Å². The first kappa shape index (κ1) is 17.1. The van der Waals surface area contributed by atoms with Gasteiger partial charge in [0.1, 0.15) is 5.82 Å². The molecular formula is C17H15BrFNO3. The molecule has 0 N–H and O–H groups in total. The molecule has 2 aromatic carbocycles. The third-order valence-corrected chi connectivity index (χ3v) is 3.96. The van der Waals surface area contributed by atoms with Crippen LogP contribution in [-0.4, -0.2) is 30.9 Å². The zero-order chi connectivity index (χ0) is 17.0. The summed E-state index contributed by atoms with van der Waals surface area (Å²) in [6.07, 6.45) is 0. The zero-order valence-electron chi connectivity index (χ0n) is 12.7. The number of hydrogen-bond acceptors (Lipinski definition) is 3. The van der Waals surface area contributed by atoms with E-state index < -0.39 is 11.8 Å². The van der Waals surface area contributed by atoms with E-state index in [1.807, 2.05) is 0 Å². The summed E-state index contributed by atoms with van der Waals surface area (Å²) in [5.41, 5.74) is 1.71. The minimum atomic E-state index is -0.408. The molecule has 0 atom stereocenters. The molecule has 0 radical (unpaired) electrons. The molecule has 0 saturated carbocycles. The second-order valence-corrected chi connectivity index (χ2v) is 5.83. The van der Waals surface area contributed by atoms with Crippen molar-refractivity contribution in [3.63, 3.8) is 0 Å². The molecule has 23 heavy (non-hydrogen) atoms. The van der Waals surface area contributed by atoms with Gasteiger partial charge < -0.3 is 9.64 Å². The topological polar surface area (TPSA) is 46.6 Å². The van der Waals surface area contributed by atoms with Gasteiger partial charge in [-0.2, -0.15) is 0 Å². The lowest BCUT2D eigenvalue weighted by Crippen LogP contribution is -2.26. The quantitative estimate of drug-likeness (QED) is 0.761. The van der Waals surface area contributed by atoms with Gasteiger partial charge in [0.05, 0.1) is 18.2 Å². The van der Waals surface area contributed by atoms with Crippen LogP contribution in [0.4, 0.5) is 4.39 Å². The number of amides is 1. The molecule has 0 aliphatic rings. The maximum Gasteiger partial charge on any atom is 0.337 e. The number of carbonyl (C=O) groups is 2. The Balaban J connectivity index is 2.10. The highest BCUT2D eigenvalue weighted by atomic mass is 79.9. The Kier molecular flexibility index (Phi) is 5.50. The Hall–Kier alpha value is -2.21. The summed E-state index contributed by atoms with van der Waals surface area (Å²) in [6.45, 7) is 0.365. The van der Waals surface area contributed by atoms with Crippen molar-refractivity contribution in [2.45, 2.75) is 6.54 Å². The second kappa shape index (κ2) is 7.37. The van der Waals surface area contributed by atoms with Crippen molar-refractivity contribution in [3.8, 4) is 0 Å². The Bertz CT molecular complexity index is 731. The van der Waals surface area contributed by atoms with E-state index in [-0.39, 0.29) is 5.91 Å². The van der Waals surface area contributed by atoms with Crippen LogP contribution in [0.1, 0.15) is 26.3 Å². The number of methoxy groups -OCH3 is 1. The largest absolute Gasteiger partial charge is 0.465 e. The Morgan fingerprint density at radius 1 is 1.17 bits per heavy atom. The monoisotopic (exact) mass is 379 g/mol. The van der Waals surface area contributed by atoms with Gasteiger partial charge in [-0.1, -0.05) is 12.1 Å². The fourth-order valence-corrected chi connectivity index (χ4v) is 2.60. The lowest BCUT2D eigenvalue weighted by molar-refractivity contribution is 0.0600. The summed E-state index contributed by atoms with van der Waals surface area (Å²) in [6, 6.07) is 10.8. The fraction of sp³-hybridized carbons (Fsp3) is 0.176. The highest BCUT2D eigenvalue weighted by Gasteiger charge is 2.16. The molecule has 0 bridgehead atoms. The molecule has 0 fully saturated rings. The maximum absolute atomic E-state index is 13.1. The number of hydrogen-bond donors (Lipinski definition) is 0. The van der Waals surface area contributed by atoms with Crippen LogP contribution in [-0.2, 0) is 11.3 Å². The molecule has 0 heterocycles. The summed E-state index contributed by atoms with van der Waals surface area (Å²) in [5, 5.41) is 0. The van der Waals surface area contributed by atoms with E-state index in [1.54, 1.807) is 31.3 Å². The summed E-state index contributed by atoms with van der Waals surface area (Å²) in [5.74, 6) is -1.04. The van der Waals surface area contributed by atoms with Crippen molar-refractivity contribution in [3.05, 3.63) is 69.4 Å². The van der Waals surface area contributed by atoms with Crippen molar-refractivity contribution >= 4 is 27.8 Å². The molecule has 1 amide bonds. The summed E-state index contributed by atoms with van der Waals surface area (Å²) >= 11 is 3.20. The third-order valence-electron chi connectivity index (χ3n) is 3.30.